The number of aliphatic hydroxyl groups excluding tert-OH is 4. The van der Waals surface area contributed by atoms with Gasteiger partial charge >= 0.3 is 0 Å². The first-order valence-electron chi connectivity index (χ1n) is 26.9. The topological polar surface area (TPSA) is 505 Å². The van der Waals surface area contributed by atoms with Gasteiger partial charge in [0.05, 0.1) is 24.9 Å². The molecule has 452 valence electrons. The first kappa shape index (κ1) is 70.9. The molecule has 1 aliphatic rings. The molecule has 0 saturated carbocycles. The van der Waals surface area contributed by atoms with E-state index in [9.17, 15) is 73.2 Å². The van der Waals surface area contributed by atoms with Crippen LogP contribution >= 0.6 is 0 Å². The molecule has 0 bridgehead atoms. The number of aliphatic hydroxyl groups is 4. The highest BCUT2D eigenvalue weighted by Crippen LogP contribution is 2.11. The number of hydrogen-bond donors (Lipinski definition) is 19. The first-order valence-corrected chi connectivity index (χ1v) is 26.9. The molecular formula is C49H91N15O15. The van der Waals surface area contributed by atoms with Crippen molar-refractivity contribution < 1.29 is 73.2 Å². The lowest BCUT2D eigenvalue weighted by atomic mass is 10.0. The summed E-state index contributed by atoms with van der Waals surface area (Å²) >= 11 is 0. The van der Waals surface area contributed by atoms with Crippen LogP contribution in [0.3, 0.4) is 0 Å². The summed E-state index contributed by atoms with van der Waals surface area (Å²) in [5.74, 6) is -10.7. The van der Waals surface area contributed by atoms with Crippen molar-refractivity contribution in [2.45, 2.75) is 191 Å². The zero-order valence-corrected chi connectivity index (χ0v) is 46.6. The van der Waals surface area contributed by atoms with Gasteiger partial charge in [-0.05, 0) is 104 Å². The molecule has 23 N–H and O–H groups in total. The second kappa shape index (κ2) is 36.9. The van der Waals surface area contributed by atoms with Crippen LogP contribution in [0.2, 0.25) is 0 Å². The third kappa shape index (κ3) is 25.7. The molecule has 79 heavy (non-hydrogen) atoms. The summed E-state index contributed by atoms with van der Waals surface area (Å²) in [7, 11) is 0. The third-order valence-electron chi connectivity index (χ3n) is 12.5. The lowest BCUT2D eigenvalue weighted by Crippen LogP contribution is -2.62. The van der Waals surface area contributed by atoms with E-state index in [0.717, 1.165) is 26.7 Å². The molecule has 13 atom stereocenters. The zero-order chi connectivity index (χ0) is 60.1. The van der Waals surface area contributed by atoms with Crippen LogP contribution < -0.4 is 81.4 Å². The van der Waals surface area contributed by atoms with Gasteiger partial charge in [0.1, 0.15) is 60.4 Å². The predicted octanol–water partition coefficient (Wildman–Crippen LogP) is -7.85. The molecule has 0 aromatic carbocycles. The largest absolute Gasteiger partial charge is 0.394 e. The molecule has 11 amide bonds. The molecule has 0 aromatic heterocycles. The van der Waals surface area contributed by atoms with Gasteiger partial charge in [-0.2, -0.15) is 0 Å². The number of rotatable bonds is 26. The van der Waals surface area contributed by atoms with Gasteiger partial charge in [0.2, 0.25) is 65.0 Å². The van der Waals surface area contributed by atoms with Gasteiger partial charge in [-0.1, -0.05) is 40.5 Å². The lowest BCUT2D eigenvalue weighted by Gasteiger charge is -2.29. The van der Waals surface area contributed by atoms with Crippen molar-refractivity contribution in [3.05, 3.63) is 0 Å². The molecule has 30 heteroatoms. The fourth-order valence-electron chi connectivity index (χ4n) is 8.05. The second-order valence-electron chi connectivity index (χ2n) is 20.5. The van der Waals surface area contributed by atoms with Crippen LogP contribution in [-0.4, -0.2) is 203 Å². The Kier molecular flexibility index (Phi) is 33.1. The third-order valence-corrected chi connectivity index (χ3v) is 12.5. The van der Waals surface area contributed by atoms with Crippen molar-refractivity contribution >= 4 is 65.0 Å². The number of carbonyl (C=O) groups is 11. The Hall–Kier alpha value is -6.15. The van der Waals surface area contributed by atoms with E-state index in [4.69, 9.17) is 22.9 Å². The minimum atomic E-state index is -1.90. The van der Waals surface area contributed by atoms with Crippen molar-refractivity contribution in [2.75, 3.05) is 39.3 Å². The van der Waals surface area contributed by atoms with Crippen LogP contribution in [0, 0.1) is 11.8 Å². The molecular weight excluding hydrogens is 1040 g/mol. The summed E-state index contributed by atoms with van der Waals surface area (Å²) in [5.41, 5.74) is 23.1. The van der Waals surface area contributed by atoms with E-state index in [1.54, 1.807) is 13.8 Å². The summed E-state index contributed by atoms with van der Waals surface area (Å²) < 4.78 is 0. The van der Waals surface area contributed by atoms with Crippen LogP contribution in [0.1, 0.15) is 113 Å². The Morgan fingerprint density at radius 1 is 0.532 bits per heavy atom. The van der Waals surface area contributed by atoms with E-state index in [-0.39, 0.29) is 70.6 Å². The van der Waals surface area contributed by atoms with Crippen molar-refractivity contribution in [3.8, 4) is 0 Å². The molecule has 1 rings (SSSR count). The van der Waals surface area contributed by atoms with Crippen LogP contribution in [0.5, 0.6) is 0 Å². The highest BCUT2D eigenvalue weighted by atomic mass is 16.3. The zero-order valence-electron chi connectivity index (χ0n) is 46.6. The van der Waals surface area contributed by atoms with Crippen LogP contribution in [0.4, 0.5) is 0 Å². The molecule has 0 radical (unpaired) electrons. The van der Waals surface area contributed by atoms with E-state index >= 15 is 0 Å². The fraction of sp³-hybridized carbons (Fsp3) is 0.776. The van der Waals surface area contributed by atoms with E-state index in [0.29, 0.717) is 12.3 Å². The maximum absolute atomic E-state index is 14.2. The van der Waals surface area contributed by atoms with Crippen molar-refractivity contribution in [2.24, 2.45) is 34.8 Å². The normalized spacial score (nSPS) is 23.9. The second-order valence-corrected chi connectivity index (χ2v) is 20.5. The molecule has 2 unspecified atom stereocenters. The Labute approximate surface area is 461 Å². The van der Waals surface area contributed by atoms with Crippen LogP contribution in [0.25, 0.3) is 0 Å². The molecule has 1 aliphatic heterocycles. The Morgan fingerprint density at radius 2 is 1.01 bits per heavy atom. The summed E-state index contributed by atoms with van der Waals surface area (Å²) in [6.45, 7) is 8.73. The van der Waals surface area contributed by atoms with E-state index < -0.39 is 163 Å². The summed E-state index contributed by atoms with van der Waals surface area (Å²) in [4.78, 5) is 151. The van der Waals surface area contributed by atoms with E-state index in [1.165, 1.54) is 6.92 Å². The minimum absolute atomic E-state index is 0.0467. The molecule has 30 nitrogen and oxygen atoms in total. The summed E-state index contributed by atoms with van der Waals surface area (Å²) in [6.07, 6.45) is -3.81. The molecule has 1 heterocycles. The van der Waals surface area contributed by atoms with Gasteiger partial charge in [0.15, 0.2) is 0 Å². The van der Waals surface area contributed by atoms with Crippen LogP contribution in [-0.2, 0) is 52.7 Å². The van der Waals surface area contributed by atoms with Crippen molar-refractivity contribution in [1.82, 2.24) is 58.5 Å². The fourth-order valence-corrected chi connectivity index (χ4v) is 8.05. The van der Waals surface area contributed by atoms with E-state index in [1.807, 2.05) is 13.8 Å². The van der Waals surface area contributed by atoms with Crippen molar-refractivity contribution in [1.29, 1.82) is 0 Å². The summed E-state index contributed by atoms with van der Waals surface area (Å²) in [6, 6.07) is -16.0. The Morgan fingerprint density at radius 3 is 1.48 bits per heavy atom. The smallest absolute Gasteiger partial charge is 0.245 e. The predicted molar refractivity (Wildman–Crippen MR) is 287 cm³/mol. The SMILES string of the molecule is CC(C)CCCCC(=O)N[C@@H](CCN)C(=O)N[C@H](C(=O)N[C@H](CO)C(=O)NC1CCNC(=O)[C@H]([C@@H](C)O)NC(=O)[C@H](CCN)NC(=O)[C@H](CCN)NC(=O)[C@H]([C@@H](C)O)NC(=O)[C@@H](CC(C)C)NC(=O)C(CCN)NC1=O)[C@@H](C)O. The maximum atomic E-state index is 14.2. The highest BCUT2D eigenvalue weighted by Gasteiger charge is 2.38. The number of hydrogen-bond acceptors (Lipinski definition) is 19. The average molecular weight is 1130 g/mol. The average Bonchev–Trinajstić information content (AvgIpc) is 3.36. The van der Waals surface area contributed by atoms with Gasteiger partial charge in [0, 0.05) is 13.0 Å². The van der Waals surface area contributed by atoms with E-state index in [2.05, 4.69) is 58.5 Å². The number of nitrogens with two attached hydrogens (primary N) is 4. The summed E-state index contributed by atoms with van der Waals surface area (Å²) in [5, 5.41) is 68.9. The Bertz CT molecular complexity index is 2010. The lowest BCUT2D eigenvalue weighted by molar-refractivity contribution is -0.137. The molecule has 0 aromatic rings. The number of unbranched alkanes of at least 4 members (excludes halogenated alkanes) is 1. The number of carbonyl (C=O) groups excluding carboxylic acids is 11. The maximum Gasteiger partial charge on any atom is 0.245 e. The number of amides is 11. The van der Waals surface area contributed by atoms with Crippen LogP contribution in [0.15, 0.2) is 0 Å². The van der Waals surface area contributed by atoms with Gasteiger partial charge in [-0.25, -0.2) is 0 Å². The monoisotopic (exact) mass is 1130 g/mol. The standard InChI is InChI=1S/C49H91N15O15/c1-24(2)10-8-9-11-36(69)55-29(12-17-50)43(73)63-39(28(7)68)49(79)61-35(23-65)46(76)58-33-16-21-54-47(77)37(26(5)66)62-44(74)32(15-20-53)57-40(70)31(14-19-52)59-48(78)38(27(6)67)64-45(75)34(22-25(3)4)60-41(71)30(13-18-51)56-42(33)72/h24-35,37-39,65-68H,8-23,50-53H2,1-7H3,(H,54,77)(H,55,69)(H,56,72)(H,57,70)(H,58,76)(H,59,78)(H,60,71)(H,61,79)(H,62,74)(H,63,73)(H,64,75)/t26-,27-,28-,29+,30?,31+,32+,33?,34-,35-,37+,38+,39+/m1/s1. The number of nitrogens with one attached hydrogen (secondary N) is 11. The first-order chi connectivity index (χ1) is 37.1. The van der Waals surface area contributed by atoms with Gasteiger partial charge in [-0.3, -0.25) is 52.7 Å². The molecule has 1 fully saturated rings. The molecule has 0 aliphatic carbocycles. The van der Waals surface area contributed by atoms with Gasteiger partial charge in [0.25, 0.3) is 0 Å². The van der Waals surface area contributed by atoms with Crippen molar-refractivity contribution in [3.63, 3.8) is 0 Å². The highest BCUT2D eigenvalue weighted by molar-refractivity contribution is 5.99. The minimum Gasteiger partial charge on any atom is -0.394 e. The Balaban J connectivity index is 3.76. The van der Waals surface area contributed by atoms with Gasteiger partial charge < -0.3 is 102 Å². The van der Waals surface area contributed by atoms with Gasteiger partial charge in [-0.15, -0.1) is 0 Å². The molecule has 1 saturated heterocycles. The molecule has 0 spiro atoms. The quantitative estimate of drug-likeness (QED) is 0.0358.